The van der Waals surface area contributed by atoms with Gasteiger partial charge in [0.15, 0.2) is 6.10 Å². The first-order valence-electron chi connectivity index (χ1n) is 31.3. The highest BCUT2D eigenvalue weighted by Gasteiger charge is 2.48. The average molecular weight is 1370 g/mol. The number of carbonyl (C=O) groups is 9. The predicted molar refractivity (Wildman–Crippen MR) is 351 cm³/mol. The molecule has 0 unspecified atom stereocenters. The van der Waals surface area contributed by atoms with Crippen molar-refractivity contribution in [1.82, 2.24) is 59.0 Å². The van der Waals surface area contributed by atoms with Crippen molar-refractivity contribution in [2.75, 3.05) is 51.0 Å². The first-order chi connectivity index (χ1) is 47.4. The van der Waals surface area contributed by atoms with Crippen molar-refractivity contribution in [3.8, 4) is 28.6 Å². The number of rotatable bonds is 29. The number of hydrogen-bond acceptors (Lipinski definition) is 22. The minimum Gasteiger partial charge on any atom is -0.495 e. The van der Waals surface area contributed by atoms with E-state index in [1.165, 1.54) is 49.4 Å². The van der Waals surface area contributed by atoms with Gasteiger partial charge in [-0.25, -0.2) is 14.6 Å². The summed E-state index contributed by atoms with van der Waals surface area (Å²) in [6.45, 7) is 7.87. The third kappa shape index (κ3) is 15.5. The van der Waals surface area contributed by atoms with E-state index in [0.717, 1.165) is 28.4 Å². The fourth-order valence-corrected chi connectivity index (χ4v) is 11.3. The molecule has 1 saturated heterocycles. The van der Waals surface area contributed by atoms with E-state index in [1.807, 2.05) is 54.3 Å². The Morgan fingerprint density at radius 1 is 0.758 bits per heavy atom. The van der Waals surface area contributed by atoms with Crippen molar-refractivity contribution in [2.45, 2.75) is 110 Å². The zero-order valence-corrected chi connectivity index (χ0v) is 54.5. The second-order valence-electron chi connectivity index (χ2n) is 23.1. The number of carboxylic acid groups (broad SMARTS) is 1. The summed E-state index contributed by atoms with van der Waals surface area (Å²) in [7, 11) is 2.95. The molecule has 0 aliphatic carbocycles. The van der Waals surface area contributed by atoms with Crippen LogP contribution in [0.25, 0.3) is 44.4 Å². The van der Waals surface area contributed by atoms with E-state index in [-0.39, 0.29) is 110 Å². The van der Waals surface area contributed by atoms with Crippen molar-refractivity contribution >= 4 is 98.0 Å². The van der Waals surface area contributed by atoms with Gasteiger partial charge in [0, 0.05) is 94.4 Å². The molecule has 99 heavy (non-hydrogen) atoms. The normalized spacial score (nSPS) is 16.8. The number of imidazole rings is 1. The Balaban J connectivity index is 0.859. The molecule has 0 bridgehead atoms. The van der Waals surface area contributed by atoms with Crippen LogP contribution >= 0.6 is 0 Å². The zero-order chi connectivity index (χ0) is 71.1. The van der Waals surface area contributed by atoms with Crippen molar-refractivity contribution in [2.24, 2.45) is 11.5 Å². The monoisotopic (exact) mass is 1360 g/mol. The smallest absolute Gasteiger partial charge is 0.409 e. The van der Waals surface area contributed by atoms with Crippen LogP contribution in [0.3, 0.4) is 0 Å². The molecule has 8 aromatic rings. The Labute approximate surface area is 562 Å². The summed E-state index contributed by atoms with van der Waals surface area (Å²) in [4.78, 5) is 122. The van der Waals surface area contributed by atoms with Gasteiger partial charge in [0.2, 0.25) is 35.9 Å². The van der Waals surface area contributed by atoms with Crippen LogP contribution in [0.1, 0.15) is 81.3 Å². The number of ether oxygens (including phenoxy) is 5. The molecule has 2 aliphatic rings. The summed E-state index contributed by atoms with van der Waals surface area (Å²) in [5, 5.41) is 67.9. The van der Waals surface area contributed by atoms with Gasteiger partial charge in [0.1, 0.15) is 64.6 Å². The van der Waals surface area contributed by atoms with E-state index in [0.29, 0.717) is 57.7 Å². The number of carboxylic acids is 1. The molecule has 0 spiro atoms. The SMILES string of the molecule is CCn1nc(C)cc1C(=O)Nc1nc2cc(C(N)=O)cc(OCCCN(C)C(=O)OCc3ccc(O[C@@H]4O[C@H](C(=O)O)[C@@H](O)[C@H](O)[C@H]4O)c(NC(=O)CCNC(=O)CCN4C(=O)C=CC4=O)c3)c2n1C/C=C/Cn1c2cc(-c3cc(C)nn3CC)nnc2c2cc(C(N)=O)cc(OC)c21. The Hall–Kier alpha value is -11.6. The van der Waals surface area contributed by atoms with Crippen LogP contribution in [-0.2, 0) is 66.2 Å². The second-order valence-corrected chi connectivity index (χ2v) is 23.1. The van der Waals surface area contributed by atoms with E-state index in [4.69, 9.17) is 40.1 Å². The Morgan fingerprint density at radius 2 is 1.44 bits per heavy atom. The molecule has 1 fully saturated rings. The number of benzene rings is 3. The van der Waals surface area contributed by atoms with Crippen LogP contribution in [0.2, 0.25) is 0 Å². The van der Waals surface area contributed by atoms with Gasteiger partial charge in [0.25, 0.3) is 17.7 Å². The number of aliphatic hydroxyl groups is 3. The minimum atomic E-state index is -2.03. The number of fused-ring (bicyclic) bond motifs is 4. The highest BCUT2D eigenvalue weighted by atomic mass is 16.7. The van der Waals surface area contributed by atoms with E-state index < -0.39 is 90.7 Å². The summed E-state index contributed by atoms with van der Waals surface area (Å²) in [5.41, 5.74) is 17.3. The quantitative estimate of drug-likeness (QED) is 0.0185. The van der Waals surface area contributed by atoms with Crippen LogP contribution < -0.4 is 41.6 Å². The topological polar surface area (TPSA) is 459 Å². The van der Waals surface area contributed by atoms with Crippen LogP contribution in [0, 0.1) is 13.8 Å². The Kier molecular flexibility index (Phi) is 21.4. The number of aliphatic carboxylic acids is 1. The first kappa shape index (κ1) is 70.2. The number of aliphatic hydroxyl groups excluding tert-OH is 3. The molecule has 0 radical (unpaired) electrons. The van der Waals surface area contributed by atoms with Crippen LogP contribution in [0.4, 0.5) is 16.4 Å². The highest BCUT2D eigenvalue weighted by Crippen LogP contribution is 2.38. The van der Waals surface area contributed by atoms with Gasteiger partial charge < -0.3 is 80.2 Å². The van der Waals surface area contributed by atoms with Crippen molar-refractivity contribution in [3.05, 3.63) is 119 Å². The van der Waals surface area contributed by atoms with E-state index >= 15 is 0 Å². The lowest BCUT2D eigenvalue weighted by atomic mass is 9.99. The van der Waals surface area contributed by atoms with E-state index in [1.54, 1.807) is 34.4 Å². The number of primary amides is 2. The number of amides is 8. The maximum Gasteiger partial charge on any atom is 0.409 e. The summed E-state index contributed by atoms with van der Waals surface area (Å²) in [6, 6.07) is 15.6. The Bertz CT molecular complexity index is 4550. The number of nitrogens with zero attached hydrogens (tertiary/aromatic N) is 11. The molecule has 8 amide bonds. The van der Waals surface area contributed by atoms with Crippen molar-refractivity contribution in [1.29, 1.82) is 0 Å². The molecule has 5 aromatic heterocycles. The Morgan fingerprint density at radius 3 is 2.14 bits per heavy atom. The fraction of sp³-hybridized carbons (Fsp3) is 0.354. The number of carbonyl (C=O) groups excluding carboxylic acids is 8. The van der Waals surface area contributed by atoms with Crippen LogP contribution in [0.15, 0.2) is 85.0 Å². The predicted octanol–water partition coefficient (Wildman–Crippen LogP) is 2.43. The highest BCUT2D eigenvalue weighted by molar-refractivity contribution is 6.13. The summed E-state index contributed by atoms with van der Waals surface area (Å²) < 4.78 is 36.0. The van der Waals surface area contributed by atoms with Gasteiger partial charge in [-0.15, -0.1) is 10.2 Å². The maximum absolute atomic E-state index is 14.1. The molecule has 7 heterocycles. The lowest BCUT2D eigenvalue weighted by molar-refractivity contribution is -0.271. The molecule has 0 saturated carbocycles. The van der Waals surface area contributed by atoms with E-state index in [2.05, 4.69) is 36.3 Å². The number of imide groups is 1. The van der Waals surface area contributed by atoms with Gasteiger partial charge in [-0.05, 0) is 94.3 Å². The third-order valence-corrected chi connectivity index (χ3v) is 16.2. The lowest BCUT2D eigenvalue weighted by Crippen LogP contribution is -2.61. The molecular formula is C65H72N16O18. The summed E-state index contributed by atoms with van der Waals surface area (Å²) in [6.07, 6.45) is -5.26. The summed E-state index contributed by atoms with van der Waals surface area (Å²) >= 11 is 0. The molecule has 34 heteroatoms. The average Bonchev–Trinajstić information content (AvgIpc) is 1.60. The molecule has 2 aliphatic heterocycles. The van der Waals surface area contributed by atoms with Gasteiger partial charge in [-0.1, -0.05) is 18.2 Å². The fourth-order valence-electron chi connectivity index (χ4n) is 11.3. The second kappa shape index (κ2) is 30.2. The number of nitrogens with one attached hydrogen (secondary N) is 3. The molecule has 11 N–H and O–H groups in total. The van der Waals surface area contributed by atoms with Crippen molar-refractivity contribution in [3.63, 3.8) is 0 Å². The van der Waals surface area contributed by atoms with Gasteiger partial charge >= 0.3 is 12.1 Å². The summed E-state index contributed by atoms with van der Waals surface area (Å²) in [5.74, 6) is -5.72. The van der Waals surface area contributed by atoms with Gasteiger partial charge in [-0.2, -0.15) is 10.2 Å². The number of aromatic nitrogens is 9. The van der Waals surface area contributed by atoms with Gasteiger partial charge in [-0.3, -0.25) is 53.1 Å². The van der Waals surface area contributed by atoms with Crippen LogP contribution in [0.5, 0.6) is 17.2 Å². The number of methoxy groups -OCH3 is 1. The van der Waals surface area contributed by atoms with Crippen molar-refractivity contribution < 1.29 is 87.3 Å². The minimum absolute atomic E-state index is 0.0365. The number of nitrogens with two attached hydrogens (primary N) is 2. The number of allylic oxidation sites excluding steroid dienone is 2. The maximum atomic E-state index is 14.1. The largest absolute Gasteiger partial charge is 0.495 e. The molecule has 10 rings (SSSR count). The van der Waals surface area contributed by atoms with E-state index in [9.17, 15) is 63.6 Å². The molecule has 3 aromatic carbocycles. The third-order valence-electron chi connectivity index (χ3n) is 16.2. The molecule has 520 valence electrons. The molecule has 5 atom stereocenters. The standard InChI is InChI=1S/C65H72N16O18/c1-7-80-42(24-33(3)74-80)39-31-43-52(73-72-39)38-27-36(59(66)89)29-46(95-6)53(38)77(43)20-9-10-21-79-54-41(70-64(79)71-61(91)44-25-34(4)75-81(44)8-2)28-37(60(67)90)30-47(54)96-23-11-19-76(5)65(94)97-32-35-12-13-45(98-63-57(88)55(86)56(87)58(99-63)62(92)93)40(26-35)69-49(83)16-18-68-48(82)17-22-78-50(84)14-15-51(78)85/h9-10,12-15,24-31,55-58,63,86-88H,7-8,11,16-23,32H2,1-6H3,(H2,66,89)(H2,67,90)(H,68,82)(H,69,83)(H,92,93)(H,70,71,91)/b10-9+/t55-,56-,57+,58-,63+/m0/s1. The van der Waals surface area contributed by atoms with Crippen LogP contribution in [-0.4, -0.2) is 199 Å². The first-order valence-corrected chi connectivity index (χ1v) is 31.3. The number of hydrogen-bond donors (Lipinski definition) is 9. The lowest BCUT2D eigenvalue weighted by Gasteiger charge is -2.38. The number of aryl methyl sites for hydroxylation is 4. The molecular weight excluding hydrogens is 1290 g/mol. The zero-order valence-electron chi connectivity index (χ0n) is 54.5. The number of anilines is 2. The van der Waals surface area contributed by atoms with Gasteiger partial charge in [0.05, 0.1) is 53.0 Å². The molecule has 34 nitrogen and oxygen atoms in total.